The number of halogens is 1. The zero-order valence-corrected chi connectivity index (χ0v) is 11.7. The number of benzene rings is 2. The molecule has 3 rings (SSSR count). The van der Waals surface area contributed by atoms with Gasteiger partial charge in [-0.3, -0.25) is 0 Å². The molecule has 0 amide bonds. The number of nitrogens with one attached hydrogen (secondary N) is 1. The number of H-pyrrole nitrogens is 1. The van der Waals surface area contributed by atoms with E-state index in [0.717, 1.165) is 32.8 Å². The topological polar surface area (TPSA) is 54.7 Å². The number of anilines is 1. The van der Waals surface area contributed by atoms with Gasteiger partial charge in [-0.2, -0.15) is 0 Å². The van der Waals surface area contributed by atoms with Gasteiger partial charge in [-0.25, -0.2) is 4.98 Å². The highest BCUT2D eigenvalue weighted by Gasteiger charge is 2.05. The molecule has 0 saturated carbocycles. The molecule has 94 valence electrons. The molecule has 1 aromatic heterocycles. The molecule has 2 aromatic carbocycles. The van der Waals surface area contributed by atoms with Crippen molar-refractivity contribution in [3.05, 3.63) is 59.2 Å². The highest BCUT2D eigenvalue weighted by atomic mass is 79.9. The molecular weight excluding hydrogens is 302 g/mol. The highest BCUT2D eigenvalue weighted by molar-refractivity contribution is 9.10. The number of nitrogen functional groups attached to an aromatic ring is 1. The third kappa shape index (κ3) is 2.53. The zero-order valence-electron chi connectivity index (χ0n) is 10.1. The normalized spacial score (nSPS) is 10.6. The molecular formula is C15H12BrN3. The molecule has 0 aliphatic heterocycles. The van der Waals surface area contributed by atoms with Gasteiger partial charge in [-0.1, -0.05) is 40.2 Å². The molecule has 0 fully saturated rings. The molecule has 0 spiro atoms. The van der Waals surface area contributed by atoms with E-state index in [-0.39, 0.29) is 0 Å². The van der Waals surface area contributed by atoms with E-state index in [1.165, 1.54) is 0 Å². The monoisotopic (exact) mass is 313 g/mol. The second-order valence-electron chi connectivity index (χ2n) is 4.28. The highest BCUT2D eigenvalue weighted by Crippen LogP contribution is 2.25. The van der Waals surface area contributed by atoms with E-state index in [1.54, 1.807) is 0 Å². The lowest BCUT2D eigenvalue weighted by Crippen LogP contribution is -1.86. The fraction of sp³-hybridized carbons (Fsp3) is 0. The van der Waals surface area contributed by atoms with Crippen molar-refractivity contribution in [1.82, 2.24) is 9.97 Å². The lowest BCUT2D eigenvalue weighted by molar-refractivity contribution is 1.31. The van der Waals surface area contributed by atoms with Crippen LogP contribution in [0.25, 0.3) is 22.6 Å². The summed E-state index contributed by atoms with van der Waals surface area (Å²) in [5, 5.41) is 0. The minimum atomic E-state index is 0.734. The smallest absolute Gasteiger partial charge is 0.137 e. The van der Waals surface area contributed by atoms with Crippen molar-refractivity contribution < 1.29 is 0 Å². The number of nitrogens with two attached hydrogens (primary N) is 1. The molecule has 1 heterocycles. The van der Waals surface area contributed by atoms with Gasteiger partial charge in [0.2, 0.25) is 0 Å². The van der Waals surface area contributed by atoms with E-state index >= 15 is 0 Å². The Morgan fingerprint density at radius 2 is 1.79 bits per heavy atom. The Morgan fingerprint density at radius 1 is 1.00 bits per heavy atom. The van der Waals surface area contributed by atoms with E-state index in [4.69, 9.17) is 5.73 Å². The summed E-state index contributed by atoms with van der Waals surface area (Å²) in [6, 6.07) is 15.8. The van der Waals surface area contributed by atoms with Crippen molar-refractivity contribution >= 4 is 21.6 Å². The molecule has 0 atom stereocenters. The van der Waals surface area contributed by atoms with Crippen LogP contribution in [-0.4, -0.2) is 9.97 Å². The van der Waals surface area contributed by atoms with Crippen LogP contribution >= 0.6 is 15.9 Å². The molecule has 0 bridgehead atoms. The van der Waals surface area contributed by atoms with Gasteiger partial charge >= 0.3 is 0 Å². The summed E-state index contributed by atoms with van der Waals surface area (Å²) in [7, 11) is 0. The Hall–Kier alpha value is -2.07. The summed E-state index contributed by atoms with van der Waals surface area (Å²) in [6.07, 6.45) is 1.83. The van der Waals surface area contributed by atoms with Gasteiger partial charge < -0.3 is 10.7 Å². The minimum absolute atomic E-state index is 0.734. The maximum Gasteiger partial charge on any atom is 0.137 e. The number of rotatable bonds is 2. The average Bonchev–Trinajstić information content (AvgIpc) is 2.88. The van der Waals surface area contributed by atoms with Gasteiger partial charge in [0.25, 0.3) is 0 Å². The molecule has 0 aliphatic carbocycles. The van der Waals surface area contributed by atoms with Gasteiger partial charge in [-0.15, -0.1) is 0 Å². The molecule has 0 aliphatic rings. The molecule has 4 heteroatoms. The summed E-state index contributed by atoms with van der Waals surface area (Å²) in [4.78, 5) is 7.72. The summed E-state index contributed by atoms with van der Waals surface area (Å²) in [6.45, 7) is 0. The van der Waals surface area contributed by atoms with Crippen molar-refractivity contribution in [2.45, 2.75) is 0 Å². The lowest BCUT2D eigenvalue weighted by atomic mass is 10.2. The first kappa shape index (κ1) is 12.0. The number of aromatic amines is 1. The van der Waals surface area contributed by atoms with Crippen LogP contribution in [0.2, 0.25) is 0 Å². The SMILES string of the molecule is Nc1cccc(-c2ncc(-c3cccc(Br)c3)[nH]2)c1. The van der Waals surface area contributed by atoms with E-state index in [1.807, 2.05) is 48.7 Å². The van der Waals surface area contributed by atoms with Crippen molar-refractivity contribution in [3.8, 4) is 22.6 Å². The van der Waals surface area contributed by atoms with Crippen molar-refractivity contribution in [3.63, 3.8) is 0 Å². The maximum absolute atomic E-state index is 5.79. The van der Waals surface area contributed by atoms with Crippen molar-refractivity contribution in [1.29, 1.82) is 0 Å². The average molecular weight is 314 g/mol. The molecule has 19 heavy (non-hydrogen) atoms. The Bertz CT molecular complexity index is 659. The summed E-state index contributed by atoms with van der Waals surface area (Å²) < 4.78 is 1.05. The van der Waals surface area contributed by atoms with Crippen LogP contribution in [-0.2, 0) is 0 Å². The molecule has 0 saturated heterocycles. The van der Waals surface area contributed by atoms with Crippen molar-refractivity contribution in [2.75, 3.05) is 5.73 Å². The van der Waals surface area contributed by atoms with Crippen LogP contribution < -0.4 is 5.73 Å². The van der Waals surface area contributed by atoms with Crippen LogP contribution in [0.15, 0.2) is 59.2 Å². The lowest BCUT2D eigenvalue weighted by Gasteiger charge is -2.00. The Kier molecular flexibility index (Phi) is 3.09. The third-order valence-electron chi connectivity index (χ3n) is 2.87. The van der Waals surface area contributed by atoms with E-state index < -0.39 is 0 Å². The van der Waals surface area contributed by atoms with E-state index in [2.05, 4.69) is 32.0 Å². The van der Waals surface area contributed by atoms with Gasteiger partial charge in [0.1, 0.15) is 5.82 Å². The van der Waals surface area contributed by atoms with Crippen LogP contribution in [0.4, 0.5) is 5.69 Å². The van der Waals surface area contributed by atoms with E-state index in [9.17, 15) is 0 Å². The number of aromatic nitrogens is 2. The summed E-state index contributed by atoms with van der Waals surface area (Å²) in [5.41, 5.74) is 9.59. The van der Waals surface area contributed by atoms with Gasteiger partial charge in [0, 0.05) is 21.3 Å². The van der Waals surface area contributed by atoms with Crippen molar-refractivity contribution in [2.24, 2.45) is 0 Å². The molecule has 3 N–H and O–H groups in total. The van der Waals surface area contributed by atoms with Crippen LogP contribution in [0.3, 0.4) is 0 Å². The predicted molar refractivity (Wildman–Crippen MR) is 81.6 cm³/mol. The van der Waals surface area contributed by atoms with Gasteiger partial charge in [0.05, 0.1) is 11.9 Å². The molecule has 3 nitrogen and oxygen atoms in total. The van der Waals surface area contributed by atoms with Crippen LogP contribution in [0.5, 0.6) is 0 Å². The Morgan fingerprint density at radius 3 is 2.58 bits per heavy atom. The second kappa shape index (κ2) is 4.90. The van der Waals surface area contributed by atoms with Crippen LogP contribution in [0, 0.1) is 0 Å². The first-order chi connectivity index (χ1) is 9.22. The third-order valence-corrected chi connectivity index (χ3v) is 3.36. The first-order valence-electron chi connectivity index (χ1n) is 5.89. The maximum atomic E-state index is 5.79. The standard InChI is InChI=1S/C15H12BrN3/c16-12-5-1-3-10(7-12)14-9-18-15(19-14)11-4-2-6-13(17)8-11/h1-9H,17H2,(H,18,19). The Labute approximate surface area is 119 Å². The largest absolute Gasteiger partial charge is 0.399 e. The van der Waals surface area contributed by atoms with Crippen LogP contribution in [0.1, 0.15) is 0 Å². The predicted octanol–water partition coefficient (Wildman–Crippen LogP) is 4.09. The Balaban J connectivity index is 2.00. The molecule has 0 radical (unpaired) electrons. The minimum Gasteiger partial charge on any atom is -0.399 e. The van der Waals surface area contributed by atoms with Gasteiger partial charge in [-0.05, 0) is 24.3 Å². The second-order valence-corrected chi connectivity index (χ2v) is 5.20. The van der Waals surface area contributed by atoms with Gasteiger partial charge in [0.15, 0.2) is 0 Å². The van der Waals surface area contributed by atoms with E-state index in [0.29, 0.717) is 0 Å². The summed E-state index contributed by atoms with van der Waals surface area (Å²) in [5.74, 6) is 0.822. The molecule has 3 aromatic rings. The number of hydrogen-bond donors (Lipinski definition) is 2. The zero-order chi connectivity index (χ0) is 13.2. The number of hydrogen-bond acceptors (Lipinski definition) is 2. The quantitative estimate of drug-likeness (QED) is 0.700. The first-order valence-corrected chi connectivity index (χ1v) is 6.68. The number of nitrogens with zero attached hydrogens (tertiary/aromatic N) is 1. The fourth-order valence-electron chi connectivity index (χ4n) is 1.96. The number of imidazole rings is 1. The summed E-state index contributed by atoms with van der Waals surface area (Å²) >= 11 is 3.47. The molecule has 0 unspecified atom stereocenters. The fourth-order valence-corrected chi connectivity index (χ4v) is 2.36.